The minimum atomic E-state index is -0.232. The number of halogens is 1. The molecule has 0 saturated heterocycles. The molecular formula is C25H25ClN4O2. The molecule has 0 aliphatic heterocycles. The molecule has 32 heavy (non-hydrogen) atoms. The molecule has 0 bridgehead atoms. The first-order valence-electron chi connectivity index (χ1n) is 10.4. The van der Waals surface area contributed by atoms with Crippen LogP contribution in [0.2, 0.25) is 5.02 Å². The summed E-state index contributed by atoms with van der Waals surface area (Å²) in [6.07, 6.45) is 5.71. The summed E-state index contributed by atoms with van der Waals surface area (Å²) in [6, 6.07) is 17.4. The summed E-state index contributed by atoms with van der Waals surface area (Å²) in [4.78, 5) is 12.6. The smallest absolute Gasteiger partial charge is 0.272 e. The number of benzene rings is 2. The molecule has 0 spiro atoms. The summed E-state index contributed by atoms with van der Waals surface area (Å²) < 4.78 is 9.43. The number of hydrogen-bond donors (Lipinski definition) is 1. The van der Waals surface area contributed by atoms with Crippen molar-refractivity contribution < 1.29 is 9.53 Å². The fraction of sp³-hybridized carbons (Fsp3) is 0.200. The molecular weight excluding hydrogens is 424 g/mol. The Balaban J connectivity index is 1.35. The van der Waals surface area contributed by atoms with Gasteiger partial charge in [-0.2, -0.15) is 5.10 Å². The molecule has 2 heterocycles. The van der Waals surface area contributed by atoms with Crippen LogP contribution in [0.4, 0.5) is 0 Å². The first kappa shape index (κ1) is 21.7. The maximum Gasteiger partial charge on any atom is 0.272 e. The zero-order chi connectivity index (χ0) is 22.7. The molecule has 1 N–H and O–H groups in total. The summed E-state index contributed by atoms with van der Waals surface area (Å²) >= 11 is 6.20. The Morgan fingerprint density at radius 2 is 1.72 bits per heavy atom. The van der Waals surface area contributed by atoms with Gasteiger partial charge in [-0.05, 0) is 79.9 Å². The van der Waals surface area contributed by atoms with Crippen molar-refractivity contribution in [3.05, 3.63) is 101 Å². The van der Waals surface area contributed by atoms with E-state index in [1.54, 1.807) is 16.9 Å². The lowest BCUT2D eigenvalue weighted by atomic mass is 10.1. The minimum Gasteiger partial charge on any atom is -0.471 e. The van der Waals surface area contributed by atoms with Crippen molar-refractivity contribution in [3.63, 3.8) is 0 Å². The van der Waals surface area contributed by atoms with Crippen molar-refractivity contribution in [1.29, 1.82) is 0 Å². The van der Waals surface area contributed by atoms with Crippen LogP contribution < -0.4 is 10.1 Å². The minimum absolute atomic E-state index is 0.150. The highest BCUT2D eigenvalue weighted by molar-refractivity contribution is 6.32. The average molecular weight is 449 g/mol. The van der Waals surface area contributed by atoms with E-state index >= 15 is 0 Å². The molecule has 4 aromatic rings. The number of carbonyl (C=O) groups excluding carboxylic acids is 1. The van der Waals surface area contributed by atoms with Gasteiger partial charge in [-0.3, -0.25) is 4.79 Å². The maximum atomic E-state index is 12.6. The van der Waals surface area contributed by atoms with Gasteiger partial charge in [-0.25, -0.2) is 4.68 Å². The zero-order valence-electron chi connectivity index (χ0n) is 18.2. The Morgan fingerprint density at radius 3 is 2.38 bits per heavy atom. The van der Waals surface area contributed by atoms with Crippen molar-refractivity contribution in [2.24, 2.45) is 0 Å². The van der Waals surface area contributed by atoms with E-state index in [2.05, 4.69) is 10.4 Å². The molecule has 0 saturated carbocycles. The summed E-state index contributed by atoms with van der Waals surface area (Å²) in [5, 5.41) is 8.07. The maximum absolute atomic E-state index is 12.6. The van der Waals surface area contributed by atoms with Crippen LogP contribution in [-0.2, 0) is 6.73 Å². The van der Waals surface area contributed by atoms with Crippen LogP contribution in [0.3, 0.4) is 0 Å². The predicted molar refractivity (Wildman–Crippen MR) is 125 cm³/mol. The van der Waals surface area contributed by atoms with Gasteiger partial charge in [0, 0.05) is 29.3 Å². The molecule has 6 nitrogen and oxygen atoms in total. The highest BCUT2D eigenvalue weighted by Crippen LogP contribution is 2.26. The molecule has 0 radical (unpaired) electrons. The van der Waals surface area contributed by atoms with Crippen molar-refractivity contribution in [2.45, 2.75) is 33.5 Å². The van der Waals surface area contributed by atoms with Gasteiger partial charge in [0.2, 0.25) is 0 Å². The standard InChI is InChI=1S/C25H25ClN4O2/c1-17-14-22(15-18(2)24(17)26)32-16-30-13-10-23(28-30)25(31)27-19(3)20-6-8-21(9-7-20)29-11-4-5-12-29/h4-15,19H,16H2,1-3H3,(H,27,31). The van der Waals surface area contributed by atoms with E-state index in [1.165, 1.54) is 0 Å². The lowest BCUT2D eigenvalue weighted by Crippen LogP contribution is -2.27. The first-order chi connectivity index (χ1) is 15.4. The molecule has 1 unspecified atom stereocenters. The fourth-order valence-electron chi connectivity index (χ4n) is 3.48. The quantitative estimate of drug-likeness (QED) is 0.407. The number of hydrogen-bond acceptors (Lipinski definition) is 3. The monoisotopic (exact) mass is 448 g/mol. The number of amides is 1. The van der Waals surface area contributed by atoms with E-state index in [-0.39, 0.29) is 18.7 Å². The van der Waals surface area contributed by atoms with Crippen molar-refractivity contribution in [1.82, 2.24) is 19.7 Å². The molecule has 7 heteroatoms. The normalized spacial score (nSPS) is 11.9. The van der Waals surface area contributed by atoms with Crippen molar-refractivity contribution in [2.75, 3.05) is 0 Å². The second-order valence-electron chi connectivity index (χ2n) is 7.76. The van der Waals surface area contributed by atoms with Gasteiger partial charge in [0.25, 0.3) is 5.91 Å². The van der Waals surface area contributed by atoms with E-state index in [4.69, 9.17) is 16.3 Å². The van der Waals surface area contributed by atoms with Crippen LogP contribution in [0, 0.1) is 13.8 Å². The summed E-state index contributed by atoms with van der Waals surface area (Å²) in [5.74, 6) is 0.479. The van der Waals surface area contributed by atoms with Gasteiger partial charge in [0.1, 0.15) is 11.4 Å². The number of nitrogens with one attached hydrogen (secondary N) is 1. The molecule has 0 aliphatic carbocycles. The first-order valence-corrected chi connectivity index (χ1v) is 10.8. The van der Waals surface area contributed by atoms with Crippen molar-refractivity contribution in [3.8, 4) is 11.4 Å². The van der Waals surface area contributed by atoms with Crippen LogP contribution in [0.15, 0.2) is 73.2 Å². The Morgan fingerprint density at radius 1 is 1.06 bits per heavy atom. The predicted octanol–water partition coefficient (Wildman–Crippen LogP) is 5.47. The molecule has 2 aromatic carbocycles. The summed E-state index contributed by atoms with van der Waals surface area (Å²) in [5.41, 5.74) is 4.34. The molecule has 2 aromatic heterocycles. The van der Waals surface area contributed by atoms with E-state index < -0.39 is 0 Å². The summed E-state index contributed by atoms with van der Waals surface area (Å²) in [7, 11) is 0. The SMILES string of the molecule is Cc1cc(OCn2ccc(C(=O)NC(C)c3ccc(-n4cccc4)cc3)n2)cc(C)c1Cl. The number of nitrogens with zero attached hydrogens (tertiary/aromatic N) is 3. The molecule has 4 rings (SSSR count). The highest BCUT2D eigenvalue weighted by atomic mass is 35.5. The number of aromatic nitrogens is 3. The molecule has 0 fully saturated rings. The van der Waals surface area contributed by atoms with Crippen LogP contribution >= 0.6 is 11.6 Å². The second kappa shape index (κ2) is 9.32. The third-order valence-electron chi connectivity index (χ3n) is 5.29. The van der Waals surface area contributed by atoms with Gasteiger partial charge in [0.05, 0.1) is 6.04 Å². The summed E-state index contributed by atoms with van der Waals surface area (Å²) in [6.45, 7) is 6.03. The number of carbonyl (C=O) groups is 1. The van der Waals surface area contributed by atoms with Gasteiger partial charge in [-0.15, -0.1) is 0 Å². The highest BCUT2D eigenvalue weighted by Gasteiger charge is 2.14. The second-order valence-corrected chi connectivity index (χ2v) is 8.14. The van der Waals surface area contributed by atoms with Gasteiger partial charge in [0.15, 0.2) is 6.73 Å². The van der Waals surface area contributed by atoms with Crippen LogP contribution in [0.25, 0.3) is 5.69 Å². The van der Waals surface area contributed by atoms with Gasteiger partial charge < -0.3 is 14.6 Å². The lowest BCUT2D eigenvalue weighted by molar-refractivity contribution is 0.0932. The fourth-order valence-corrected chi connectivity index (χ4v) is 3.59. The number of rotatable bonds is 7. The van der Waals surface area contributed by atoms with E-state index in [0.717, 1.165) is 27.4 Å². The van der Waals surface area contributed by atoms with Crippen LogP contribution in [0.1, 0.15) is 40.1 Å². The Kier molecular flexibility index (Phi) is 6.32. The van der Waals surface area contributed by atoms with E-state index in [9.17, 15) is 4.79 Å². The molecule has 1 amide bonds. The van der Waals surface area contributed by atoms with E-state index in [1.807, 2.05) is 86.3 Å². The van der Waals surface area contributed by atoms with Crippen LogP contribution in [-0.4, -0.2) is 20.3 Å². The van der Waals surface area contributed by atoms with Gasteiger partial charge >= 0.3 is 0 Å². The number of ether oxygens (including phenoxy) is 1. The van der Waals surface area contributed by atoms with E-state index in [0.29, 0.717) is 11.4 Å². The molecule has 164 valence electrons. The average Bonchev–Trinajstić information content (AvgIpc) is 3.48. The molecule has 0 aliphatic rings. The molecule has 1 atom stereocenters. The Bertz CT molecular complexity index is 1190. The third-order valence-corrected chi connectivity index (χ3v) is 5.89. The van der Waals surface area contributed by atoms with Crippen molar-refractivity contribution >= 4 is 17.5 Å². The van der Waals surface area contributed by atoms with Gasteiger partial charge in [-0.1, -0.05) is 23.7 Å². The third kappa shape index (κ3) is 4.86. The lowest BCUT2D eigenvalue weighted by Gasteiger charge is -2.14. The topological polar surface area (TPSA) is 61.1 Å². The number of aryl methyl sites for hydroxylation is 2. The van der Waals surface area contributed by atoms with Crippen LogP contribution in [0.5, 0.6) is 5.75 Å². The Hall–Kier alpha value is -3.51. The zero-order valence-corrected chi connectivity index (χ0v) is 19.0. The largest absolute Gasteiger partial charge is 0.471 e. The Labute approximate surface area is 192 Å².